The summed E-state index contributed by atoms with van der Waals surface area (Å²) in [6.07, 6.45) is 87.1. The van der Waals surface area contributed by atoms with Gasteiger partial charge in [-0.2, -0.15) is 0 Å². The van der Waals surface area contributed by atoms with Gasteiger partial charge in [0.15, 0.2) is 6.10 Å². The van der Waals surface area contributed by atoms with Gasteiger partial charge in [-0.1, -0.05) is 250 Å². The summed E-state index contributed by atoms with van der Waals surface area (Å²) >= 11 is 0. The molecule has 0 aliphatic carbocycles. The number of esters is 3. The topological polar surface area (TPSA) is 78.9 Å². The Labute approximate surface area is 455 Å². The number of hydrogen-bond donors (Lipinski definition) is 0. The van der Waals surface area contributed by atoms with Crippen LogP contribution in [0, 0.1) is 0 Å². The van der Waals surface area contributed by atoms with Gasteiger partial charge in [0.25, 0.3) is 0 Å². The molecule has 6 heteroatoms. The molecule has 416 valence electrons. The van der Waals surface area contributed by atoms with Gasteiger partial charge in [0.05, 0.1) is 0 Å². The highest BCUT2D eigenvalue weighted by Gasteiger charge is 2.19. The van der Waals surface area contributed by atoms with Crippen LogP contribution in [0.4, 0.5) is 0 Å². The molecule has 0 amide bonds. The Bertz CT molecular complexity index is 1640. The van der Waals surface area contributed by atoms with Crippen LogP contribution in [-0.4, -0.2) is 37.2 Å². The molecular weight excluding hydrogens is 913 g/mol. The molecule has 74 heavy (non-hydrogen) atoms. The van der Waals surface area contributed by atoms with E-state index in [4.69, 9.17) is 14.2 Å². The van der Waals surface area contributed by atoms with Gasteiger partial charge in [-0.25, -0.2) is 0 Å². The first-order valence-corrected chi connectivity index (χ1v) is 29.8. The molecule has 1 atom stereocenters. The highest BCUT2D eigenvalue weighted by molar-refractivity contribution is 5.71. The second kappa shape index (κ2) is 60.8. The summed E-state index contributed by atoms with van der Waals surface area (Å²) in [7, 11) is 0. The number of hydrogen-bond acceptors (Lipinski definition) is 6. The number of unbranched alkanes of at least 4 members (excludes halogenated alkanes) is 17. The predicted molar refractivity (Wildman–Crippen MR) is 320 cm³/mol. The van der Waals surface area contributed by atoms with Crippen LogP contribution < -0.4 is 0 Å². The van der Waals surface area contributed by atoms with E-state index in [1.807, 2.05) is 0 Å². The minimum atomic E-state index is -0.809. The fourth-order valence-corrected chi connectivity index (χ4v) is 7.68. The summed E-state index contributed by atoms with van der Waals surface area (Å²) in [6, 6.07) is 0. The average Bonchev–Trinajstić information content (AvgIpc) is 3.40. The Hall–Kier alpha value is -4.71. The molecule has 6 nitrogen and oxygen atoms in total. The molecule has 0 saturated heterocycles. The van der Waals surface area contributed by atoms with Gasteiger partial charge in [-0.3, -0.25) is 14.4 Å². The Kier molecular flexibility index (Phi) is 57.0. The monoisotopic (exact) mass is 1020 g/mol. The minimum Gasteiger partial charge on any atom is -0.462 e. The molecule has 0 N–H and O–H groups in total. The van der Waals surface area contributed by atoms with Crippen LogP contribution in [0.15, 0.2) is 146 Å². The fraction of sp³-hybridized carbons (Fsp3) is 0.603. The third-order valence-corrected chi connectivity index (χ3v) is 12.1. The Morgan fingerprint density at radius 2 is 0.527 bits per heavy atom. The zero-order valence-electron chi connectivity index (χ0n) is 47.5. The van der Waals surface area contributed by atoms with E-state index in [9.17, 15) is 14.4 Å². The van der Waals surface area contributed by atoms with Crippen LogP contribution >= 0.6 is 0 Å². The van der Waals surface area contributed by atoms with Crippen LogP contribution in [0.25, 0.3) is 0 Å². The highest BCUT2D eigenvalue weighted by atomic mass is 16.6. The number of ether oxygens (including phenoxy) is 3. The molecule has 0 radical (unpaired) electrons. The molecule has 0 saturated carbocycles. The molecule has 0 aliphatic heterocycles. The molecule has 0 aliphatic rings. The predicted octanol–water partition coefficient (Wildman–Crippen LogP) is 20.4. The second-order valence-electron chi connectivity index (χ2n) is 19.1. The van der Waals surface area contributed by atoms with Crippen LogP contribution in [-0.2, 0) is 28.6 Å². The smallest absolute Gasteiger partial charge is 0.306 e. The lowest BCUT2D eigenvalue weighted by Crippen LogP contribution is -2.30. The highest BCUT2D eigenvalue weighted by Crippen LogP contribution is 2.14. The molecule has 0 rings (SSSR count). The summed E-state index contributed by atoms with van der Waals surface area (Å²) in [4.78, 5) is 38.1. The fourth-order valence-electron chi connectivity index (χ4n) is 7.68. The number of rotatable bonds is 52. The van der Waals surface area contributed by atoms with Crippen LogP contribution in [0.2, 0.25) is 0 Å². The average molecular weight is 1020 g/mol. The van der Waals surface area contributed by atoms with Crippen molar-refractivity contribution in [1.29, 1.82) is 0 Å². The third-order valence-electron chi connectivity index (χ3n) is 12.1. The molecule has 0 aromatic rings. The molecule has 0 bridgehead atoms. The van der Waals surface area contributed by atoms with Crippen molar-refractivity contribution in [3.8, 4) is 0 Å². The zero-order valence-corrected chi connectivity index (χ0v) is 47.5. The second-order valence-corrected chi connectivity index (χ2v) is 19.1. The van der Waals surface area contributed by atoms with Crippen LogP contribution in [0.5, 0.6) is 0 Å². The molecule has 0 aromatic carbocycles. The minimum absolute atomic E-state index is 0.102. The number of allylic oxidation sites excluding steroid dienone is 24. The van der Waals surface area contributed by atoms with Crippen molar-refractivity contribution in [2.24, 2.45) is 0 Å². The quantitative estimate of drug-likeness (QED) is 0.0261. The number of carbonyl (C=O) groups excluding carboxylic acids is 3. The van der Waals surface area contributed by atoms with Crippen LogP contribution in [0.3, 0.4) is 0 Å². The van der Waals surface area contributed by atoms with Crippen LogP contribution in [0.1, 0.15) is 245 Å². The Morgan fingerprint density at radius 3 is 0.851 bits per heavy atom. The molecule has 1 unspecified atom stereocenters. The maximum Gasteiger partial charge on any atom is 0.306 e. The van der Waals surface area contributed by atoms with E-state index >= 15 is 0 Å². The first-order chi connectivity index (χ1) is 36.5. The van der Waals surface area contributed by atoms with Crippen molar-refractivity contribution in [2.75, 3.05) is 13.2 Å². The summed E-state index contributed by atoms with van der Waals surface area (Å²) in [5.74, 6) is -0.965. The van der Waals surface area contributed by atoms with Gasteiger partial charge >= 0.3 is 17.9 Å². The van der Waals surface area contributed by atoms with E-state index < -0.39 is 6.10 Å². The van der Waals surface area contributed by atoms with Crippen molar-refractivity contribution in [2.45, 2.75) is 252 Å². The van der Waals surface area contributed by atoms with Gasteiger partial charge in [0, 0.05) is 19.3 Å². The van der Waals surface area contributed by atoms with Crippen molar-refractivity contribution in [3.63, 3.8) is 0 Å². The standard InChI is InChI=1S/C68H108O6/c1-4-7-10-13-16-19-21-23-25-27-29-31-32-33-34-35-36-38-39-41-43-45-47-49-52-55-58-61-67(70)73-64-65(63-72-66(69)60-57-54-51-18-15-12-9-6-3)74-68(71)62-59-56-53-50-48-46-44-42-40-37-30-28-26-24-22-20-17-14-11-8-5-2/h7-8,10-11,16-17,19-20,23-26,29-31,33-34,36-38,42,44,48,50,65H,4-6,9,12-15,18,21-22,27-28,32,35,39-41,43,45-47,49,51-64H2,1-3H3/b10-7-,11-8-,19-16-,20-17-,25-23-,26-24-,31-29-,34-33-,37-30-,38-36-,44-42-,50-48-. The summed E-state index contributed by atoms with van der Waals surface area (Å²) < 4.78 is 16.8. The summed E-state index contributed by atoms with van der Waals surface area (Å²) in [6.45, 7) is 6.33. The largest absolute Gasteiger partial charge is 0.462 e. The van der Waals surface area contributed by atoms with E-state index in [1.165, 1.54) is 64.2 Å². The van der Waals surface area contributed by atoms with E-state index in [0.717, 1.165) is 135 Å². The van der Waals surface area contributed by atoms with Crippen molar-refractivity contribution >= 4 is 17.9 Å². The lowest BCUT2D eigenvalue weighted by Gasteiger charge is -2.18. The van der Waals surface area contributed by atoms with Crippen molar-refractivity contribution in [3.05, 3.63) is 146 Å². The Balaban J connectivity index is 4.33. The van der Waals surface area contributed by atoms with Gasteiger partial charge < -0.3 is 14.2 Å². The molecule has 0 spiro atoms. The molecule has 0 fully saturated rings. The normalized spacial score (nSPS) is 13.2. The SMILES string of the molecule is CC/C=C\C/C=C\C/C=C\C/C=C\C/C=C\C/C=C\CCCCCCCCCCC(=O)OCC(COC(=O)CCCCCCCCCC)OC(=O)CCCC/C=C\C/C=C\C/C=C\C/C=C\C/C=C\C/C=C\CC. The maximum atomic E-state index is 12.8. The van der Waals surface area contributed by atoms with Gasteiger partial charge in [-0.15, -0.1) is 0 Å². The van der Waals surface area contributed by atoms with E-state index in [0.29, 0.717) is 19.3 Å². The third kappa shape index (κ3) is 58.2. The lowest BCUT2D eigenvalue weighted by atomic mass is 10.1. The Morgan fingerprint density at radius 1 is 0.284 bits per heavy atom. The van der Waals surface area contributed by atoms with E-state index in [-0.39, 0.29) is 37.5 Å². The van der Waals surface area contributed by atoms with Crippen molar-refractivity contribution in [1.82, 2.24) is 0 Å². The number of carbonyl (C=O) groups is 3. The zero-order chi connectivity index (χ0) is 53.6. The van der Waals surface area contributed by atoms with E-state index in [2.05, 4.69) is 167 Å². The summed E-state index contributed by atoms with van der Waals surface area (Å²) in [5.41, 5.74) is 0. The van der Waals surface area contributed by atoms with E-state index in [1.54, 1.807) is 0 Å². The summed E-state index contributed by atoms with van der Waals surface area (Å²) in [5, 5.41) is 0. The van der Waals surface area contributed by atoms with Gasteiger partial charge in [0.2, 0.25) is 0 Å². The van der Waals surface area contributed by atoms with Crippen molar-refractivity contribution < 1.29 is 28.6 Å². The first kappa shape index (κ1) is 69.3. The maximum absolute atomic E-state index is 12.8. The van der Waals surface area contributed by atoms with Gasteiger partial charge in [0.1, 0.15) is 13.2 Å². The lowest BCUT2D eigenvalue weighted by molar-refractivity contribution is -0.167. The molecule has 0 aromatic heterocycles. The first-order valence-electron chi connectivity index (χ1n) is 29.8. The molecule has 0 heterocycles. The van der Waals surface area contributed by atoms with Gasteiger partial charge in [-0.05, 0) is 122 Å². The molecular formula is C68H108O6.